The minimum Gasteiger partial charge on any atom is -0.392 e. The summed E-state index contributed by atoms with van der Waals surface area (Å²) >= 11 is 0. The van der Waals surface area contributed by atoms with Crippen LogP contribution in [0.3, 0.4) is 0 Å². The summed E-state index contributed by atoms with van der Waals surface area (Å²) in [6.45, 7) is 3.87. The van der Waals surface area contributed by atoms with E-state index in [4.69, 9.17) is 5.11 Å². The first kappa shape index (κ1) is 6.30. The van der Waals surface area contributed by atoms with E-state index in [1.54, 1.807) is 0 Å². The number of aliphatic hydroxyl groups excluding tert-OH is 1. The van der Waals surface area contributed by atoms with Gasteiger partial charge in [-0.2, -0.15) is 0 Å². The summed E-state index contributed by atoms with van der Waals surface area (Å²) in [5, 5.41) is 8.70. The summed E-state index contributed by atoms with van der Waals surface area (Å²) in [7, 11) is 0. The molecular weight excluding hydrogens is 112 g/mol. The molecule has 1 rings (SSSR count). The summed E-state index contributed by atoms with van der Waals surface area (Å²) in [5.74, 6) is 0. The predicted molar refractivity (Wildman–Crippen MR) is 38.1 cm³/mol. The molecule has 0 aromatic rings. The molecule has 0 saturated heterocycles. The van der Waals surface area contributed by atoms with Crippen molar-refractivity contribution in [3.05, 3.63) is 36.0 Å². The highest BCUT2D eigenvalue weighted by atomic mass is 16.3. The zero-order valence-electron chi connectivity index (χ0n) is 5.30. The Labute approximate surface area is 55.0 Å². The Morgan fingerprint density at radius 2 is 2.44 bits per heavy atom. The first-order valence-corrected chi connectivity index (χ1v) is 3.00. The van der Waals surface area contributed by atoms with Crippen LogP contribution in [0.5, 0.6) is 0 Å². The molecule has 0 amide bonds. The highest BCUT2D eigenvalue weighted by Gasteiger charge is 1.99. The standard InChI is InChI=1S/C8H10O/c1-7-4-2-3-5-8(7)6-9/h2,4-5,9H,1,3,6H2. The van der Waals surface area contributed by atoms with Crippen LogP contribution in [0.4, 0.5) is 0 Å². The molecule has 0 aliphatic heterocycles. The van der Waals surface area contributed by atoms with Crippen LogP contribution >= 0.6 is 0 Å². The molecule has 0 unspecified atom stereocenters. The quantitative estimate of drug-likeness (QED) is 0.557. The van der Waals surface area contributed by atoms with Crippen LogP contribution in [0.2, 0.25) is 0 Å². The van der Waals surface area contributed by atoms with Crippen molar-refractivity contribution in [2.45, 2.75) is 6.42 Å². The lowest BCUT2D eigenvalue weighted by molar-refractivity contribution is 0.333. The minimum absolute atomic E-state index is 0.114. The fourth-order valence-electron chi connectivity index (χ4n) is 0.825. The minimum atomic E-state index is 0.114. The average molecular weight is 122 g/mol. The lowest BCUT2D eigenvalue weighted by Gasteiger charge is -2.06. The number of allylic oxidation sites excluding steroid dienone is 3. The molecular formula is C8H10O. The molecule has 0 fully saturated rings. The van der Waals surface area contributed by atoms with Gasteiger partial charge in [-0.3, -0.25) is 0 Å². The molecule has 0 bridgehead atoms. The Hall–Kier alpha value is -0.820. The Morgan fingerprint density at radius 3 is 2.89 bits per heavy atom. The van der Waals surface area contributed by atoms with Gasteiger partial charge in [-0.05, 0) is 17.6 Å². The van der Waals surface area contributed by atoms with Crippen molar-refractivity contribution < 1.29 is 5.11 Å². The van der Waals surface area contributed by atoms with Crippen molar-refractivity contribution in [2.24, 2.45) is 0 Å². The van der Waals surface area contributed by atoms with Gasteiger partial charge in [-0.15, -0.1) is 0 Å². The second kappa shape index (κ2) is 2.65. The first-order chi connectivity index (χ1) is 4.34. The van der Waals surface area contributed by atoms with Crippen LogP contribution in [0.25, 0.3) is 0 Å². The molecule has 1 aliphatic rings. The number of hydrogen-bond donors (Lipinski definition) is 1. The van der Waals surface area contributed by atoms with E-state index in [-0.39, 0.29) is 6.61 Å². The Bertz CT molecular complexity index is 175. The van der Waals surface area contributed by atoms with E-state index in [1.807, 2.05) is 18.2 Å². The van der Waals surface area contributed by atoms with E-state index in [1.165, 1.54) is 0 Å². The SMILES string of the molecule is C=C1C=CCC=C1CO. The summed E-state index contributed by atoms with van der Waals surface area (Å²) in [6.07, 6.45) is 6.88. The van der Waals surface area contributed by atoms with E-state index < -0.39 is 0 Å². The van der Waals surface area contributed by atoms with Crippen LogP contribution < -0.4 is 0 Å². The number of aliphatic hydroxyl groups is 1. The molecule has 0 saturated carbocycles. The van der Waals surface area contributed by atoms with Crippen LogP contribution in [-0.4, -0.2) is 11.7 Å². The second-order valence-corrected chi connectivity index (χ2v) is 2.05. The van der Waals surface area contributed by atoms with E-state index in [2.05, 4.69) is 6.58 Å². The largest absolute Gasteiger partial charge is 0.392 e. The van der Waals surface area contributed by atoms with E-state index in [0.717, 1.165) is 17.6 Å². The normalized spacial score (nSPS) is 17.9. The number of hydrogen-bond acceptors (Lipinski definition) is 1. The van der Waals surface area contributed by atoms with Crippen molar-refractivity contribution in [3.8, 4) is 0 Å². The molecule has 0 aromatic heterocycles. The third kappa shape index (κ3) is 1.30. The van der Waals surface area contributed by atoms with Gasteiger partial charge in [0.15, 0.2) is 0 Å². The molecule has 0 spiro atoms. The Kier molecular flexibility index (Phi) is 1.85. The molecule has 1 heteroatoms. The maximum atomic E-state index is 8.70. The fraction of sp³-hybridized carbons (Fsp3) is 0.250. The van der Waals surface area contributed by atoms with Gasteiger partial charge in [0.2, 0.25) is 0 Å². The Morgan fingerprint density at radius 1 is 1.67 bits per heavy atom. The Balaban J connectivity index is 2.71. The monoisotopic (exact) mass is 122 g/mol. The molecule has 0 radical (unpaired) electrons. The first-order valence-electron chi connectivity index (χ1n) is 3.00. The summed E-state index contributed by atoms with van der Waals surface area (Å²) in [6, 6.07) is 0. The maximum Gasteiger partial charge on any atom is 0.0684 e. The molecule has 48 valence electrons. The zero-order valence-corrected chi connectivity index (χ0v) is 5.30. The molecule has 9 heavy (non-hydrogen) atoms. The van der Waals surface area contributed by atoms with Gasteiger partial charge in [0.05, 0.1) is 6.61 Å². The van der Waals surface area contributed by atoms with Crippen molar-refractivity contribution in [1.29, 1.82) is 0 Å². The van der Waals surface area contributed by atoms with Gasteiger partial charge < -0.3 is 5.11 Å². The average Bonchev–Trinajstić information content (AvgIpc) is 1.89. The van der Waals surface area contributed by atoms with Crippen molar-refractivity contribution in [3.63, 3.8) is 0 Å². The van der Waals surface area contributed by atoms with Crippen molar-refractivity contribution in [1.82, 2.24) is 0 Å². The van der Waals surface area contributed by atoms with Gasteiger partial charge in [0, 0.05) is 0 Å². The molecule has 1 aliphatic carbocycles. The number of rotatable bonds is 1. The van der Waals surface area contributed by atoms with Crippen LogP contribution in [0, 0.1) is 0 Å². The van der Waals surface area contributed by atoms with Crippen LogP contribution in [-0.2, 0) is 0 Å². The molecule has 0 heterocycles. The lowest BCUT2D eigenvalue weighted by atomic mass is 10.0. The van der Waals surface area contributed by atoms with Crippen LogP contribution in [0.1, 0.15) is 6.42 Å². The van der Waals surface area contributed by atoms with E-state index in [9.17, 15) is 0 Å². The maximum absolute atomic E-state index is 8.70. The van der Waals surface area contributed by atoms with Gasteiger partial charge in [-0.1, -0.05) is 24.8 Å². The van der Waals surface area contributed by atoms with Crippen molar-refractivity contribution in [2.75, 3.05) is 6.61 Å². The molecule has 1 nitrogen and oxygen atoms in total. The summed E-state index contributed by atoms with van der Waals surface area (Å²) in [4.78, 5) is 0. The third-order valence-electron chi connectivity index (χ3n) is 1.40. The summed E-state index contributed by atoms with van der Waals surface area (Å²) in [5.41, 5.74) is 1.89. The van der Waals surface area contributed by atoms with Gasteiger partial charge in [0.1, 0.15) is 0 Å². The topological polar surface area (TPSA) is 20.2 Å². The van der Waals surface area contributed by atoms with E-state index >= 15 is 0 Å². The van der Waals surface area contributed by atoms with Gasteiger partial charge in [-0.25, -0.2) is 0 Å². The van der Waals surface area contributed by atoms with Crippen molar-refractivity contribution >= 4 is 0 Å². The zero-order chi connectivity index (χ0) is 6.69. The molecule has 0 aromatic carbocycles. The highest BCUT2D eigenvalue weighted by Crippen LogP contribution is 2.14. The van der Waals surface area contributed by atoms with Crippen LogP contribution in [0.15, 0.2) is 36.0 Å². The predicted octanol–water partition coefficient (Wildman–Crippen LogP) is 1.42. The highest BCUT2D eigenvalue weighted by molar-refractivity contribution is 5.40. The lowest BCUT2D eigenvalue weighted by Crippen LogP contribution is -1.94. The molecule has 0 atom stereocenters. The van der Waals surface area contributed by atoms with E-state index in [0.29, 0.717) is 0 Å². The van der Waals surface area contributed by atoms with Gasteiger partial charge >= 0.3 is 0 Å². The van der Waals surface area contributed by atoms with Gasteiger partial charge in [0.25, 0.3) is 0 Å². The fourth-order valence-corrected chi connectivity index (χ4v) is 0.825. The smallest absolute Gasteiger partial charge is 0.0684 e. The molecule has 1 N–H and O–H groups in total. The summed E-state index contributed by atoms with van der Waals surface area (Å²) < 4.78 is 0. The second-order valence-electron chi connectivity index (χ2n) is 2.05. The third-order valence-corrected chi connectivity index (χ3v) is 1.40.